The fourth-order valence-corrected chi connectivity index (χ4v) is 2.46. The molecule has 1 saturated heterocycles. The summed E-state index contributed by atoms with van der Waals surface area (Å²) in [6.45, 7) is 2.28. The van der Waals surface area contributed by atoms with Crippen LogP contribution < -0.4 is 5.32 Å². The quantitative estimate of drug-likeness (QED) is 0.884. The van der Waals surface area contributed by atoms with Crippen LogP contribution in [0.3, 0.4) is 0 Å². The van der Waals surface area contributed by atoms with Crippen LogP contribution in [-0.4, -0.2) is 38.0 Å². The molecule has 0 aliphatic carbocycles. The summed E-state index contributed by atoms with van der Waals surface area (Å²) in [5.41, 5.74) is 2.12. The molecule has 0 saturated carbocycles. The second kappa shape index (κ2) is 6.01. The van der Waals surface area contributed by atoms with Crippen LogP contribution in [0.4, 0.5) is 0 Å². The first-order valence-electron chi connectivity index (χ1n) is 6.68. The first kappa shape index (κ1) is 13.1. The summed E-state index contributed by atoms with van der Waals surface area (Å²) in [5, 5.41) is 3.39. The van der Waals surface area contributed by atoms with Gasteiger partial charge >= 0.3 is 0 Å². The molecule has 1 fully saturated rings. The van der Waals surface area contributed by atoms with Gasteiger partial charge in [0.1, 0.15) is 0 Å². The molecule has 1 aliphatic rings. The Balaban J connectivity index is 1.96. The van der Waals surface area contributed by atoms with Crippen molar-refractivity contribution in [3.63, 3.8) is 0 Å². The van der Waals surface area contributed by atoms with Crippen molar-refractivity contribution in [2.75, 3.05) is 27.2 Å². The Morgan fingerprint density at radius 3 is 2.39 bits per heavy atom. The molecule has 0 aromatic heterocycles. The Kier molecular flexibility index (Phi) is 4.37. The molecule has 3 heteroatoms. The van der Waals surface area contributed by atoms with Crippen molar-refractivity contribution in [1.82, 2.24) is 10.2 Å². The molecular formula is C15H22N2O. The second-order valence-electron chi connectivity index (χ2n) is 5.29. The van der Waals surface area contributed by atoms with Crippen LogP contribution >= 0.6 is 0 Å². The van der Waals surface area contributed by atoms with Crippen LogP contribution in [0.5, 0.6) is 0 Å². The highest BCUT2D eigenvalue weighted by Crippen LogP contribution is 2.18. The van der Waals surface area contributed by atoms with Crippen LogP contribution in [0.2, 0.25) is 0 Å². The number of amides is 1. The number of carbonyl (C=O) groups excluding carboxylic acids is 1. The Morgan fingerprint density at radius 1 is 1.22 bits per heavy atom. The normalized spacial score (nSPS) is 16.6. The predicted octanol–water partition coefficient (Wildman–Crippen LogP) is 1.93. The SMILES string of the molecule is CN(C)C(=O)c1ccc(CC2CCNCC2)cc1. The molecule has 0 radical (unpaired) electrons. The van der Waals surface area contributed by atoms with Gasteiger partial charge in [-0.25, -0.2) is 0 Å². The number of rotatable bonds is 3. The Labute approximate surface area is 109 Å². The zero-order chi connectivity index (χ0) is 13.0. The fourth-order valence-electron chi connectivity index (χ4n) is 2.46. The van der Waals surface area contributed by atoms with Gasteiger partial charge in [0, 0.05) is 19.7 Å². The molecule has 98 valence electrons. The molecule has 3 nitrogen and oxygen atoms in total. The summed E-state index contributed by atoms with van der Waals surface area (Å²) < 4.78 is 0. The zero-order valence-corrected chi connectivity index (χ0v) is 11.3. The lowest BCUT2D eigenvalue weighted by atomic mass is 9.91. The lowest BCUT2D eigenvalue weighted by molar-refractivity contribution is 0.0827. The van der Waals surface area contributed by atoms with E-state index in [2.05, 4.69) is 17.4 Å². The van der Waals surface area contributed by atoms with E-state index < -0.39 is 0 Å². The van der Waals surface area contributed by atoms with Gasteiger partial charge in [-0.2, -0.15) is 0 Å². The summed E-state index contributed by atoms with van der Waals surface area (Å²) in [6.07, 6.45) is 3.66. The maximum absolute atomic E-state index is 11.8. The predicted molar refractivity (Wildman–Crippen MR) is 73.8 cm³/mol. The van der Waals surface area contributed by atoms with Crippen LogP contribution in [0.25, 0.3) is 0 Å². The summed E-state index contributed by atoms with van der Waals surface area (Å²) in [5.74, 6) is 0.866. The standard InChI is InChI=1S/C15H22N2O/c1-17(2)15(18)14-5-3-12(4-6-14)11-13-7-9-16-10-8-13/h3-6,13,16H,7-11H2,1-2H3. The maximum atomic E-state index is 11.8. The van der Waals surface area contributed by atoms with Gasteiger partial charge in [0.2, 0.25) is 0 Å². The molecule has 18 heavy (non-hydrogen) atoms. The number of piperidine rings is 1. The van der Waals surface area contributed by atoms with Gasteiger partial charge in [-0.15, -0.1) is 0 Å². The Hall–Kier alpha value is -1.35. The molecular weight excluding hydrogens is 224 g/mol. The third-order valence-electron chi connectivity index (χ3n) is 3.59. The minimum absolute atomic E-state index is 0.0726. The largest absolute Gasteiger partial charge is 0.345 e. The smallest absolute Gasteiger partial charge is 0.253 e. The molecule has 0 spiro atoms. The molecule has 1 aromatic carbocycles. The minimum Gasteiger partial charge on any atom is -0.345 e. The highest BCUT2D eigenvalue weighted by atomic mass is 16.2. The van der Waals surface area contributed by atoms with Gasteiger partial charge < -0.3 is 10.2 Å². The van der Waals surface area contributed by atoms with Gasteiger partial charge in [-0.05, 0) is 56.0 Å². The van der Waals surface area contributed by atoms with Crippen molar-refractivity contribution in [2.24, 2.45) is 5.92 Å². The van der Waals surface area contributed by atoms with Gasteiger partial charge in [-0.3, -0.25) is 4.79 Å². The van der Waals surface area contributed by atoms with E-state index in [1.807, 2.05) is 12.1 Å². The van der Waals surface area contributed by atoms with Gasteiger partial charge in [0.05, 0.1) is 0 Å². The van der Waals surface area contributed by atoms with Gasteiger partial charge in [-0.1, -0.05) is 12.1 Å². The minimum atomic E-state index is 0.0726. The number of carbonyl (C=O) groups is 1. The first-order chi connectivity index (χ1) is 8.66. The van der Waals surface area contributed by atoms with E-state index in [4.69, 9.17) is 0 Å². The van der Waals surface area contributed by atoms with Crippen LogP contribution in [0.15, 0.2) is 24.3 Å². The molecule has 1 N–H and O–H groups in total. The Bertz CT molecular complexity index is 391. The second-order valence-corrected chi connectivity index (χ2v) is 5.29. The van der Waals surface area contributed by atoms with E-state index in [9.17, 15) is 4.79 Å². The summed E-state index contributed by atoms with van der Waals surface area (Å²) in [7, 11) is 3.57. The molecule has 1 aromatic rings. The van der Waals surface area contributed by atoms with Crippen LogP contribution in [0.1, 0.15) is 28.8 Å². The van der Waals surface area contributed by atoms with Crippen molar-refractivity contribution in [1.29, 1.82) is 0 Å². The third-order valence-corrected chi connectivity index (χ3v) is 3.59. The van der Waals surface area contributed by atoms with E-state index in [1.165, 1.54) is 18.4 Å². The van der Waals surface area contributed by atoms with Gasteiger partial charge in [0.15, 0.2) is 0 Å². The maximum Gasteiger partial charge on any atom is 0.253 e. The monoisotopic (exact) mass is 246 g/mol. The highest BCUT2D eigenvalue weighted by Gasteiger charge is 2.14. The van der Waals surface area contributed by atoms with E-state index in [0.717, 1.165) is 31.0 Å². The zero-order valence-electron chi connectivity index (χ0n) is 11.3. The highest BCUT2D eigenvalue weighted by molar-refractivity contribution is 5.93. The molecule has 2 rings (SSSR count). The third kappa shape index (κ3) is 3.33. The van der Waals surface area contributed by atoms with E-state index in [-0.39, 0.29) is 5.91 Å². The van der Waals surface area contributed by atoms with E-state index in [0.29, 0.717) is 0 Å². The molecule has 1 amide bonds. The molecule has 1 heterocycles. The van der Waals surface area contributed by atoms with Crippen molar-refractivity contribution in [2.45, 2.75) is 19.3 Å². The van der Waals surface area contributed by atoms with Crippen molar-refractivity contribution in [3.8, 4) is 0 Å². The van der Waals surface area contributed by atoms with E-state index >= 15 is 0 Å². The van der Waals surface area contributed by atoms with Crippen molar-refractivity contribution >= 4 is 5.91 Å². The topological polar surface area (TPSA) is 32.3 Å². The number of nitrogens with zero attached hydrogens (tertiary/aromatic N) is 1. The molecule has 1 aliphatic heterocycles. The number of benzene rings is 1. The van der Waals surface area contributed by atoms with Gasteiger partial charge in [0.25, 0.3) is 5.91 Å². The fraction of sp³-hybridized carbons (Fsp3) is 0.533. The number of hydrogen-bond donors (Lipinski definition) is 1. The van der Waals surface area contributed by atoms with Crippen molar-refractivity contribution < 1.29 is 4.79 Å². The molecule has 0 bridgehead atoms. The van der Waals surface area contributed by atoms with Crippen molar-refractivity contribution in [3.05, 3.63) is 35.4 Å². The molecule has 0 unspecified atom stereocenters. The summed E-state index contributed by atoms with van der Waals surface area (Å²) in [4.78, 5) is 13.4. The van der Waals surface area contributed by atoms with Crippen LogP contribution in [-0.2, 0) is 6.42 Å². The molecule has 0 atom stereocenters. The van der Waals surface area contributed by atoms with Crippen LogP contribution in [0, 0.1) is 5.92 Å². The average molecular weight is 246 g/mol. The lowest BCUT2D eigenvalue weighted by Crippen LogP contribution is -2.28. The average Bonchev–Trinajstić information content (AvgIpc) is 2.40. The summed E-state index contributed by atoms with van der Waals surface area (Å²) in [6, 6.07) is 8.08. The number of hydrogen-bond acceptors (Lipinski definition) is 2. The number of nitrogens with one attached hydrogen (secondary N) is 1. The summed E-state index contributed by atoms with van der Waals surface area (Å²) >= 11 is 0. The lowest BCUT2D eigenvalue weighted by Gasteiger charge is -2.22. The Morgan fingerprint density at radius 2 is 1.83 bits per heavy atom. The first-order valence-corrected chi connectivity index (χ1v) is 6.68. The van der Waals surface area contributed by atoms with E-state index in [1.54, 1.807) is 19.0 Å².